The topological polar surface area (TPSA) is 61.5 Å². The van der Waals surface area contributed by atoms with E-state index in [1.807, 2.05) is 18.4 Å². The molecule has 2 N–H and O–H groups in total. The number of thioether (sulfide) groups is 1. The number of benzene rings is 1. The standard InChI is InChI=1S/C10H16NO3PS/c1-13-15(12,14-2)7-8-4-5-10(16-3)9(11)6-8/h4-6H,7,11H2,1-3H3. The van der Waals surface area contributed by atoms with Crippen LogP contribution in [-0.2, 0) is 19.8 Å². The molecule has 0 atom stereocenters. The molecule has 16 heavy (non-hydrogen) atoms. The number of nitrogen functional groups attached to an aromatic ring is 1. The highest BCUT2D eigenvalue weighted by Crippen LogP contribution is 2.50. The summed E-state index contributed by atoms with van der Waals surface area (Å²) in [6.07, 6.45) is 2.19. The van der Waals surface area contributed by atoms with E-state index in [0.717, 1.165) is 10.5 Å². The van der Waals surface area contributed by atoms with Crippen LogP contribution in [-0.4, -0.2) is 20.5 Å². The van der Waals surface area contributed by atoms with E-state index in [0.29, 0.717) is 5.69 Å². The molecule has 0 unspecified atom stereocenters. The first-order valence-corrected chi connectivity index (χ1v) is 7.63. The van der Waals surface area contributed by atoms with Crippen LogP contribution in [0, 0.1) is 0 Å². The molecule has 0 aromatic heterocycles. The minimum atomic E-state index is -3.01. The highest BCUT2D eigenvalue weighted by Gasteiger charge is 2.21. The Balaban J connectivity index is 2.91. The first-order valence-electron chi connectivity index (χ1n) is 4.67. The summed E-state index contributed by atoms with van der Waals surface area (Å²) in [5, 5.41) is 0. The SMILES string of the molecule is COP(=O)(Cc1ccc(SC)c(N)c1)OC. The highest BCUT2D eigenvalue weighted by molar-refractivity contribution is 7.98. The molecule has 0 aliphatic heterocycles. The molecule has 0 heterocycles. The molecule has 4 nitrogen and oxygen atoms in total. The molecule has 0 bridgehead atoms. The lowest BCUT2D eigenvalue weighted by Gasteiger charge is -2.14. The molecule has 0 radical (unpaired) electrons. The van der Waals surface area contributed by atoms with Crippen molar-refractivity contribution in [2.24, 2.45) is 0 Å². The van der Waals surface area contributed by atoms with E-state index in [4.69, 9.17) is 14.8 Å². The average molecular weight is 261 g/mol. The normalized spacial score (nSPS) is 11.7. The first-order chi connectivity index (χ1) is 7.54. The minimum Gasteiger partial charge on any atom is -0.398 e. The van der Waals surface area contributed by atoms with Crippen molar-refractivity contribution < 1.29 is 13.6 Å². The van der Waals surface area contributed by atoms with Crippen LogP contribution in [0.15, 0.2) is 23.1 Å². The maximum Gasteiger partial charge on any atom is 0.334 e. The zero-order valence-corrected chi connectivity index (χ0v) is 11.3. The third kappa shape index (κ3) is 3.25. The zero-order chi connectivity index (χ0) is 12.2. The third-order valence-electron chi connectivity index (χ3n) is 2.23. The molecule has 1 aromatic rings. The highest BCUT2D eigenvalue weighted by atomic mass is 32.2. The van der Waals surface area contributed by atoms with Crippen LogP contribution >= 0.6 is 19.4 Å². The van der Waals surface area contributed by atoms with Gasteiger partial charge in [0, 0.05) is 24.8 Å². The summed E-state index contributed by atoms with van der Waals surface area (Å²) in [5.41, 5.74) is 7.37. The molecule has 6 heteroatoms. The molecule has 0 fully saturated rings. The number of anilines is 1. The number of nitrogens with two attached hydrogens (primary N) is 1. The second-order valence-electron chi connectivity index (χ2n) is 3.21. The molecule has 0 aliphatic rings. The second-order valence-corrected chi connectivity index (χ2v) is 6.33. The molecule has 1 rings (SSSR count). The smallest absolute Gasteiger partial charge is 0.334 e. The van der Waals surface area contributed by atoms with Gasteiger partial charge >= 0.3 is 7.60 Å². The average Bonchev–Trinajstić information content (AvgIpc) is 2.29. The van der Waals surface area contributed by atoms with E-state index in [-0.39, 0.29) is 6.16 Å². The Morgan fingerprint density at radius 2 is 2.00 bits per heavy atom. The van der Waals surface area contributed by atoms with Gasteiger partial charge < -0.3 is 14.8 Å². The lowest BCUT2D eigenvalue weighted by molar-refractivity contribution is 0.275. The fourth-order valence-electron chi connectivity index (χ4n) is 1.31. The third-order valence-corrected chi connectivity index (χ3v) is 4.90. The van der Waals surface area contributed by atoms with Crippen molar-refractivity contribution in [1.82, 2.24) is 0 Å². The Labute approximate surface area is 100 Å². The maximum atomic E-state index is 11.9. The lowest BCUT2D eigenvalue weighted by Crippen LogP contribution is -1.96. The summed E-state index contributed by atoms with van der Waals surface area (Å²) >= 11 is 1.58. The second kappa shape index (κ2) is 5.73. The van der Waals surface area contributed by atoms with Crippen molar-refractivity contribution in [1.29, 1.82) is 0 Å². The van der Waals surface area contributed by atoms with Gasteiger partial charge in [-0.3, -0.25) is 4.57 Å². The van der Waals surface area contributed by atoms with Crippen LogP contribution in [0.4, 0.5) is 5.69 Å². The summed E-state index contributed by atoms with van der Waals surface area (Å²) in [4.78, 5) is 1.01. The van der Waals surface area contributed by atoms with Crippen LogP contribution in [0.25, 0.3) is 0 Å². The lowest BCUT2D eigenvalue weighted by atomic mass is 10.2. The Morgan fingerprint density at radius 3 is 2.44 bits per heavy atom. The molecule has 0 saturated carbocycles. The quantitative estimate of drug-likeness (QED) is 0.501. The van der Waals surface area contributed by atoms with Gasteiger partial charge in [0.15, 0.2) is 0 Å². The predicted octanol–water partition coefficient (Wildman–Crippen LogP) is 2.98. The summed E-state index contributed by atoms with van der Waals surface area (Å²) < 4.78 is 21.6. The van der Waals surface area contributed by atoms with Gasteiger partial charge in [0.05, 0.1) is 6.16 Å². The van der Waals surface area contributed by atoms with E-state index < -0.39 is 7.60 Å². The van der Waals surface area contributed by atoms with Gasteiger partial charge in [-0.2, -0.15) is 0 Å². The van der Waals surface area contributed by atoms with Crippen molar-refractivity contribution in [3.05, 3.63) is 23.8 Å². The van der Waals surface area contributed by atoms with Crippen LogP contribution < -0.4 is 5.73 Å². The van der Waals surface area contributed by atoms with Crippen molar-refractivity contribution in [2.45, 2.75) is 11.1 Å². The molecule has 0 saturated heterocycles. The summed E-state index contributed by atoms with van der Waals surface area (Å²) in [6, 6.07) is 5.59. The number of hydrogen-bond acceptors (Lipinski definition) is 5. The molecule has 0 amide bonds. The van der Waals surface area contributed by atoms with Crippen LogP contribution in [0.3, 0.4) is 0 Å². The maximum absolute atomic E-state index is 11.9. The Kier molecular flexibility index (Phi) is 4.87. The van der Waals surface area contributed by atoms with Gasteiger partial charge in [0.25, 0.3) is 0 Å². The predicted molar refractivity (Wildman–Crippen MR) is 68.0 cm³/mol. The van der Waals surface area contributed by atoms with Gasteiger partial charge in [-0.25, -0.2) is 0 Å². The van der Waals surface area contributed by atoms with Gasteiger partial charge in [0.1, 0.15) is 0 Å². The van der Waals surface area contributed by atoms with Gasteiger partial charge in [0.2, 0.25) is 0 Å². The Hall–Kier alpha value is -0.480. The summed E-state index contributed by atoms with van der Waals surface area (Å²) in [7, 11) is -0.251. The van der Waals surface area contributed by atoms with E-state index in [2.05, 4.69) is 0 Å². The Bertz CT molecular complexity index is 403. The largest absolute Gasteiger partial charge is 0.398 e. The molecule has 1 aromatic carbocycles. The van der Waals surface area contributed by atoms with Crippen molar-refractivity contribution >= 4 is 25.0 Å². The van der Waals surface area contributed by atoms with E-state index in [1.54, 1.807) is 17.8 Å². The van der Waals surface area contributed by atoms with E-state index >= 15 is 0 Å². The van der Waals surface area contributed by atoms with Gasteiger partial charge in [-0.05, 0) is 24.0 Å². The molecule has 0 aliphatic carbocycles. The zero-order valence-electron chi connectivity index (χ0n) is 9.60. The molecule has 90 valence electrons. The monoisotopic (exact) mass is 261 g/mol. The first kappa shape index (κ1) is 13.6. The van der Waals surface area contributed by atoms with Gasteiger partial charge in [-0.15, -0.1) is 11.8 Å². The van der Waals surface area contributed by atoms with Gasteiger partial charge in [-0.1, -0.05) is 6.07 Å². The fourth-order valence-corrected chi connectivity index (χ4v) is 2.86. The van der Waals surface area contributed by atoms with E-state index in [1.165, 1.54) is 14.2 Å². The van der Waals surface area contributed by atoms with Crippen LogP contribution in [0.1, 0.15) is 5.56 Å². The Morgan fingerprint density at radius 1 is 1.38 bits per heavy atom. The van der Waals surface area contributed by atoms with Crippen molar-refractivity contribution in [3.8, 4) is 0 Å². The summed E-state index contributed by atoms with van der Waals surface area (Å²) in [5.74, 6) is 0. The number of rotatable bonds is 5. The molecule has 0 spiro atoms. The van der Waals surface area contributed by atoms with Crippen LogP contribution in [0.2, 0.25) is 0 Å². The minimum absolute atomic E-state index is 0.235. The molecular weight excluding hydrogens is 245 g/mol. The molecular formula is C10H16NO3PS. The fraction of sp³-hybridized carbons (Fsp3) is 0.400. The van der Waals surface area contributed by atoms with Crippen molar-refractivity contribution in [3.63, 3.8) is 0 Å². The van der Waals surface area contributed by atoms with Crippen molar-refractivity contribution in [2.75, 3.05) is 26.2 Å². The van der Waals surface area contributed by atoms with Crippen LogP contribution in [0.5, 0.6) is 0 Å². The number of hydrogen-bond donors (Lipinski definition) is 1. The van der Waals surface area contributed by atoms with E-state index in [9.17, 15) is 4.57 Å². The summed E-state index contributed by atoms with van der Waals surface area (Å²) in [6.45, 7) is 0.